The number of hydrogen-bond acceptors (Lipinski definition) is 4. The number of carbonyl (C=O) groups excluding carboxylic acids is 1. The topological polar surface area (TPSA) is 90.3 Å². The molecule has 1 fully saturated rings. The fourth-order valence-electron chi connectivity index (χ4n) is 3.19. The Kier molecular flexibility index (Phi) is 5.59. The Morgan fingerprint density at radius 2 is 1.85 bits per heavy atom. The number of anilines is 1. The highest BCUT2D eigenvalue weighted by Crippen LogP contribution is 2.25. The first-order valence-corrected chi connectivity index (χ1v) is 10.2. The van der Waals surface area contributed by atoms with E-state index in [0.29, 0.717) is 42.1 Å². The molecule has 6 nitrogen and oxygen atoms in total. The number of nitrogens with one attached hydrogen (secondary N) is 1. The molecule has 2 aromatic carbocycles. The van der Waals surface area contributed by atoms with E-state index in [1.54, 1.807) is 42.5 Å². The summed E-state index contributed by atoms with van der Waals surface area (Å²) in [5, 5.41) is 11.8. The van der Waals surface area contributed by atoms with Crippen LogP contribution >= 0.6 is 0 Å². The van der Waals surface area contributed by atoms with E-state index in [4.69, 9.17) is 5.26 Å². The summed E-state index contributed by atoms with van der Waals surface area (Å²) in [6, 6.07) is 15.6. The SMILES string of the molecule is Cc1cccc(S(=O)(=O)N2CCC(C(=O)Nc3cccc(C#N)c3)CC2)c1. The minimum Gasteiger partial charge on any atom is -0.326 e. The Morgan fingerprint density at radius 3 is 2.52 bits per heavy atom. The zero-order chi connectivity index (χ0) is 19.4. The average Bonchev–Trinajstić information content (AvgIpc) is 2.68. The van der Waals surface area contributed by atoms with Crippen LogP contribution in [0.2, 0.25) is 0 Å². The largest absolute Gasteiger partial charge is 0.326 e. The molecule has 0 aromatic heterocycles. The van der Waals surface area contributed by atoms with Gasteiger partial charge in [0, 0.05) is 24.7 Å². The molecule has 1 saturated heterocycles. The lowest BCUT2D eigenvalue weighted by Crippen LogP contribution is -2.41. The van der Waals surface area contributed by atoms with Crippen molar-refractivity contribution < 1.29 is 13.2 Å². The van der Waals surface area contributed by atoms with Gasteiger partial charge in [0.1, 0.15) is 0 Å². The van der Waals surface area contributed by atoms with Gasteiger partial charge in [0.2, 0.25) is 15.9 Å². The van der Waals surface area contributed by atoms with E-state index in [1.807, 2.05) is 19.1 Å². The number of nitriles is 1. The van der Waals surface area contributed by atoms with Gasteiger partial charge in [0.15, 0.2) is 0 Å². The highest BCUT2D eigenvalue weighted by atomic mass is 32.2. The third kappa shape index (κ3) is 4.35. The quantitative estimate of drug-likeness (QED) is 0.879. The van der Waals surface area contributed by atoms with Crippen LogP contribution in [0.5, 0.6) is 0 Å². The van der Waals surface area contributed by atoms with Gasteiger partial charge < -0.3 is 5.32 Å². The molecule has 1 aliphatic heterocycles. The van der Waals surface area contributed by atoms with Crippen LogP contribution in [-0.4, -0.2) is 31.7 Å². The summed E-state index contributed by atoms with van der Waals surface area (Å²) in [4.78, 5) is 12.8. The number of carbonyl (C=O) groups is 1. The molecule has 0 unspecified atom stereocenters. The molecule has 0 saturated carbocycles. The maximum absolute atomic E-state index is 12.8. The maximum Gasteiger partial charge on any atom is 0.243 e. The molecule has 27 heavy (non-hydrogen) atoms. The van der Waals surface area contributed by atoms with Crippen molar-refractivity contribution >= 4 is 21.6 Å². The Morgan fingerprint density at radius 1 is 1.15 bits per heavy atom. The van der Waals surface area contributed by atoms with Crippen LogP contribution in [0.1, 0.15) is 24.0 Å². The van der Waals surface area contributed by atoms with Crippen LogP contribution in [0.25, 0.3) is 0 Å². The van der Waals surface area contributed by atoms with Gasteiger partial charge in [-0.15, -0.1) is 0 Å². The summed E-state index contributed by atoms with van der Waals surface area (Å²) in [6.45, 7) is 2.48. The fraction of sp³-hybridized carbons (Fsp3) is 0.300. The van der Waals surface area contributed by atoms with Crippen molar-refractivity contribution in [1.29, 1.82) is 5.26 Å². The summed E-state index contributed by atoms with van der Waals surface area (Å²) in [5.41, 5.74) is 1.95. The van der Waals surface area contributed by atoms with Crippen LogP contribution in [0, 0.1) is 24.2 Å². The van der Waals surface area contributed by atoms with Gasteiger partial charge in [-0.1, -0.05) is 18.2 Å². The Balaban J connectivity index is 1.63. The normalized spacial score (nSPS) is 15.9. The minimum atomic E-state index is -3.54. The second kappa shape index (κ2) is 7.91. The average molecular weight is 383 g/mol. The van der Waals surface area contributed by atoms with Crippen LogP contribution in [0.4, 0.5) is 5.69 Å². The Bertz CT molecular complexity index is 988. The van der Waals surface area contributed by atoms with E-state index in [0.717, 1.165) is 5.56 Å². The molecule has 0 spiro atoms. The monoisotopic (exact) mass is 383 g/mol. The van der Waals surface area contributed by atoms with Gasteiger partial charge in [-0.25, -0.2) is 8.42 Å². The van der Waals surface area contributed by atoms with Crippen molar-refractivity contribution in [2.45, 2.75) is 24.7 Å². The van der Waals surface area contributed by atoms with E-state index < -0.39 is 10.0 Å². The van der Waals surface area contributed by atoms with Gasteiger partial charge in [-0.05, 0) is 55.7 Å². The van der Waals surface area contributed by atoms with Crippen molar-refractivity contribution in [3.05, 3.63) is 59.7 Å². The molecule has 1 heterocycles. The lowest BCUT2D eigenvalue weighted by molar-refractivity contribution is -0.120. The number of nitrogens with zero attached hydrogens (tertiary/aromatic N) is 2. The summed E-state index contributed by atoms with van der Waals surface area (Å²) >= 11 is 0. The summed E-state index contributed by atoms with van der Waals surface area (Å²) in [6.07, 6.45) is 0.934. The fourth-order valence-corrected chi connectivity index (χ4v) is 4.77. The van der Waals surface area contributed by atoms with Gasteiger partial charge in [0.05, 0.1) is 16.5 Å². The number of piperidine rings is 1. The van der Waals surface area contributed by atoms with Crippen LogP contribution in [0.15, 0.2) is 53.4 Å². The summed E-state index contributed by atoms with van der Waals surface area (Å²) < 4.78 is 27.0. The number of aryl methyl sites for hydroxylation is 1. The highest BCUT2D eigenvalue weighted by molar-refractivity contribution is 7.89. The number of hydrogen-bond donors (Lipinski definition) is 1. The first-order valence-electron chi connectivity index (χ1n) is 8.78. The number of benzene rings is 2. The molecule has 2 aromatic rings. The first kappa shape index (κ1) is 19.1. The van der Waals surface area contributed by atoms with Gasteiger partial charge in [-0.3, -0.25) is 4.79 Å². The lowest BCUT2D eigenvalue weighted by atomic mass is 9.97. The highest BCUT2D eigenvalue weighted by Gasteiger charge is 2.32. The van der Waals surface area contributed by atoms with Crippen molar-refractivity contribution in [2.75, 3.05) is 18.4 Å². The van der Waals surface area contributed by atoms with Gasteiger partial charge in [0.25, 0.3) is 0 Å². The molecule has 7 heteroatoms. The predicted octanol–water partition coefficient (Wildman–Crippen LogP) is 2.91. The van der Waals surface area contributed by atoms with Crippen molar-refractivity contribution in [1.82, 2.24) is 4.31 Å². The second-order valence-electron chi connectivity index (χ2n) is 6.68. The molecular weight excluding hydrogens is 362 g/mol. The molecule has 0 bridgehead atoms. The Hall–Kier alpha value is -2.69. The summed E-state index contributed by atoms with van der Waals surface area (Å²) in [7, 11) is -3.54. The smallest absolute Gasteiger partial charge is 0.243 e. The van der Waals surface area contributed by atoms with E-state index >= 15 is 0 Å². The third-order valence-corrected chi connectivity index (χ3v) is 6.61. The molecule has 0 aliphatic carbocycles. The zero-order valence-corrected chi connectivity index (χ0v) is 15.9. The van der Waals surface area contributed by atoms with Crippen molar-refractivity contribution in [3.63, 3.8) is 0 Å². The Labute approximate surface area is 159 Å². The predicted molar refractivity (Wildman–Crippen MR) is 102 cm³/mol. The molecule has 3 rings (SSSR count). The number of rotatable bonds is 4. The van der Waals surface area contributed by atoms with Gasteiger partial charge in [-0.2, -0.15) is 9.57 Å². The zero-order valence-electron chi connectivity index (χ0n) is 15.1. The molecule has 0 radical (unpaired) electrons. The molecule has 1 N–H and O–H groups in total. The minimum absolute atomic E-state index is 0.141. The van der Waals surface area contributed by atoms with Crippen molar-refractivity contribution in [2.24, 2.45) is 5.92 Å². The second-order valence-corrected chi connectivity index (χ2v) is 8.61. The van der Waals surface area contributed by atoms with Crippen LogP contribution in [-0.2, 0) is 14.8 Å². The molecule has 0 atom stereocenters. The molecule has 1 aliphatic rings. The maximum atomic E-state index is 12.8. The summed E-state index contributed by atoms with van der Waals surface area (Å²) in [5.74, 6) is -0.391. The van der Waals surface area contributed by atoms with E-state index in [2.05, 4.69) is 5.32 Å². The molecule has 1 amide bonds. The first-order chi connectivity index (χ1) is 12.9. The standard InChI is InChI=1S/C20H21N3O3S/c1-15-4-2-7-19(12-15)27(25,26)23-10-8-17(9-11-23)20(24)22-18-6-3-5-16(13-18)14-21/h2-7,12-13,17H,8-11H2,1H3,(H,22,24). The number of sulfonamides is 1. The van der Waals surface area contributed by atoms with Crippen molar-refractivity contribution in [3.8, 4) is 6.07 Å². The van der Waals surface area contributed by atoms with Gasteiger partial charge >= 0.3 is 0 Å². The van der Waals surface area contributed by atoms with Crippen LogP contribution < -0.4 is 5.32 Å². The van der Waals surface area contributed by atoms with E-state index in [1.165, 1.54) is 4.31 Å². The number of amides is 1. The molecular formula is C20H21N3O3S. The molecule has 140 valence electrons. The van der Waals surface area contributed by atoms with Crippen LogP contribution in [0.3, 0.4) is 0 Å². The van der Waals surface area contributed by atoms with E-state index in [9.17, 15) is 13.2 Å². The lowest BCUT2D eigenvalue weighted by Gasteiger charge is -2.30. The third-order valence-electron chi connectivity index (χ3n) is 4.71. The van der Waals surface area contributed by atoms with E-state index in [-0.39, 0.29) is 11.8 Å².